The zero-order valence-corrected chi connectivity index (χ0v) is 14.3. The van der Waals surface area contributed by atoms with Gasteiger partial charge in [0, 0.05) is 42.2 Å². The van der Waals surface area contributed by atoms with Crippen LogP contribution in [0.2, 0.25) is 0 Å². The van der Waals surface area contributed by atoms with Gasteiger partial charge in [0.2, 0.25) is 0 Å². The minimum atomic E-state index is -0.467. The van der Waals surface area contributed by atoms with E-state index in [2.05, 4.69) is 15.4 Å². The number of aromatic nitrogens is 3. The van der Waals surface area contributed by atoms with Crippen LogP contribution in [0.1, 0.15) is 21.6 Å². The highest BCUT2D eigenvalue weighted by Crippen LogP contribution is 2.20. The molecule has 0 saturated heterocycles. The molecule has 0 fully saturated rings. The van der Waals surface area contributed by atoms with Crippen LogP contribution in [0.3, 0.4) is 0 Å². The molecule has 0 spiro atoms. The Balaban J connectivity index is 1.71. The third kappa shape index (κ3) is 3.59. The second-order valence-electron chi connectivity index (χ2n) is 5.82. The maximum absolute atomic E-state index is 12.3. The summed E-state index contributed by atoms with van der Waals surface area (Å²) in [4.78, 5) is 26.7. The first-order chi connectivity index (χ1) is 12.5. The molecule has 1 amide bonds. The Hall–Kier alpha value is -3.55. The van der Waals surface area contributed by atoms with Gasteiger partial charge in [-0.25, -0.2) is 0 Å². The zero-order chi connectivity index (χ0) is 18.7. The molecule has 1 aromatic carbocycles. The smallest absolute Gasteiger partial charge is 0.272 e. The van der Waals surface area contributed by atoms with Crippen molar-refractivity contribution in [1.29, 1.82) is 0 Å². The van der Waals surface area contributed by atoms with Crippen molar-refractivity contribution in [2.75, 3.05) is 0 Å². The molecule has 0 aliphatic rings. The van der Waals surface area contributed by atoms with Crippen molar-refractivity contribution in [2.24, 2.45) is 7.05 Å². The van der Waals surface area contributed by atoms with Crippen LogP contribution < -0.4 is 5.32 Å². The lowest BCUT2D eigenvalue weighted by atomic mass is 10.1. The predicted octanol–water partition coefficient (Wildman–Crippen LogP) is 2.63. The SMILES string of the molecule is Cc1cc(C(=O)NCc2cc(-c3ccncc3)n(C)n2)ccc1[N+](=O)[O-]. The van der Waals surface area contributed by atoms with Crippen LogP contribution in [-0.4, -0.2) is 25.6 Å². The zero-order valence-electron chi connectivity index (χ0n) is 14.3. The highest BCUT2D eigenvalue weighted by molar-refractivity contribution is 5.94. The molecule has 0 unspecified atom stereocenters. The van der Waals surface area contributed by atoms with Gasteiger partial charge < -0.3 is 5.32 Å². The number of rotatable bonds is 5. The molecule has 0 aliphatic carbocycles. The van der Waals surface area contributed by atoms with Crippen LogP contribution in [0.25, 0.3) is 11.3 Å². The molecule has 2 aromatic heterocycles. The molecule has 0 saturated carbocycles. The monoisotopic (exact) mass is 351 g/mol. The molecular weight excluding hydrogens is 334 g/mol. The first kappa shape index (κ1) is 17.3. The maximum Gasteiger partial charge on any atom is 0.272 e. The van der Waals surface area contributed by atoms with Crippen LogP contribution in [0, 0.1) is 17.0 Å². The Morgan fingerprint density at radius 1 is 1.23 bits per heavy atom. The number of hydrogen-bond donors (Lipinski definition) is 1. The number of benzene rings is 1. The van der Waals surface area contributed by atoms with E-state index in [9.17, 15) is 14.9 Å². The number of nitrogens with zero attached hydrogens (tertiary/aromatic N) is 4. The van der Waals surface area contributed by atoms with E-state index in [0.717, 1.165) is 11.3 Å². The molecule has 0 atom stereocenters. The Morgan fingerprint density at radius 2 is 1.96 bits per heavy atom. The molecule has 8 heteroatoms. The highest BCUT2D eigenvalue weighted by atomic mass is 16.6. The minimum absolute atomic E-state index is 0.00623. The third-order valence-electron chi connectivity index (χ3n) is 3.99. The standard InChI is InChI=1S/C18H17N5O3/c1-12-9-14(3-4-16(12)23(25)26)18(24)20-11-15-10-17(22(2)21-15)13-5-7-19-8-6-13/h3-10H,11H2,1-2H3,(H,20,24). The van der Waals surface area contributed by atoms with Gasteiger partial charge in [0.25, 0.3) is 11.6 Å². The molecule has 2 heterocycles. The van der Waals surface area contributed by atoms with Crippen molar-refractivity contribution < 1.29 is 9.72 Å². The summed E-state index contributed by atoms with van der Waals surface area (Å²) in [7, 11) is 1.83. The van der Waals surface area contributed by atoms with Gasteiger partial charge in [-0.3, -0.25) is 24.6 Å². The molecule has 0 radical (unpaired) electrons. The first-order valence-corrected chi connectivity index (χ1v) is 7.92. The second-order valence-corrected chi connectivity index (χ2v) is 5.82. The van der Waals surface area contributed by atoms with Gasteiger partial charge in [0.15, 0.2) is 0 Å². The Kier molecular flexibility index (Phi) is 4.74. The first-order valence-electron chi connectivity index (χ1n) is 7.92. The van der Waals surface area contributed by atoms with Crippen LogP contribution in [0.15, 0.2) is 48.8 Å². The molecule has 3 aromatic rings. The number of hydrogen-bond acceptors (Lipinski definition) is 5. The summed E-state index contributed by atoms with van der Waals surface area (Å²) in [6.07, 6.45) is 3.42. The van der Waals surface area contributed by atoms with E-state index < -0.39 is 4.92 Å². The molecule has 0 aliphatic heterocycles. The van der Waals surface area contributed by atoms with Crippen molar-refractivity contribution in [3.05, 3.63) is 75.7 Å². The average Bonchev–Trinajstić information content (AvgIpc) is 3.00. The molecule has 132 valence electrons. The topological polar surface area (TPSA) is 103 Å². The van der Waals surface area contributed by atoms with E-state index in [1.54, 1.807) is 24.0 Å². The van der Waals surface area contributed by atoms with Crippen molar-refractivity contribution in [2.45, 2.75) is 13.5 Å². The fourth-order valence-electron chi connectivity index (χ4n) is 2.68. The lowest BCUT2D eigenvalue weighted by Crippen LogP contribution is -2.23. The second kappa shape index (κ2) is 7.14. The van der Waals surface area contributed by atoms with E-state index in [1.807, 2.05) is 25.2 Å². The van der Waals surface area contributed by atoms with Gasteiger partial charge in [-0.05, 0) is 37.3 Å². The number of nitrogens with one attached hydrogen (secondary N) is 1. The minimum Gasteiger partial charge on any atom is -0.346 e. The number of nitro groups is 1. The van der Waals surface area contributed by atoms with Crippen molar-refractivity contribution in [3.8, 4) is 11.3 Å². The fourth-order valence-corrected chi connectivity index (χ4v) is 2.68. The van der Waals surface area contributed by atoms with Crippen LogP contribution in [-0.2, 0) is 13.6 Å². The number of nitro benzene ring substituents is 1. The summed E-state index contributed by atoms with van der Waals surface area (Å²) in [5.74, 6) is -0.306. The summed E-state index contributed by atoms with van der Waals surface area (Å²) < 4.78 is 1.74. The molecule has 26 heavy (non-hydrogen) atoms. The van der Waals surface area contributed by atoms with Gasteiger partial charge >= 0.3 is 0 Å². The third-order valence-corrected chi connectivity index (χ3v) is 3.99. The van der Waals surface area contributed by atoms with Crippen LogP contribution >= 0.6 is 0 Å². The number of amides is 1. The van der Waals surface area contributed by atoms with Gasteiger partial charge in [0.05, 0.1) is 22.9 Å². The summed E-state index contributed by atoms with van der Waals surface area (Å²) >= 11 is 0. The number of carbonyl (C=O) groups excluding carboxylic acids is 1. The van der Waals surface area contributed by atoms with Crippen molar-refractivity contribution in [1.82, 2.24) is 20.1 Å². The maximum atomic E-state index is 12.3. The van der Waals surface area contributed by atoms with E-state index in [4.69, 9.17) is 0 Å². The van der Waals surface area contributed by atoms with E-state index in [-0.39, 0.29) is 18.1 Å². The predicted molar refractivity (Wildman–Crippen MR) is 95.4 cm³/mol. The summed E-state index contributed by atoms with van der Waals surface area (Å²) in [6.45, 7) is 1.86. The van der Waals surface area contributed by atoms with E-state index >= 15 is 0 Å². The fraction of sp³-hybridized carbons (Fsp3) is 0.167. The Morgan fingerprint density at radius 3 is 2.62 bits per heavy atom. The molecule has 0 bridgehead atoms. The van der Waals surface area contributed by atoms with E-state index in [1.165, 1.54) is 18.2 Å². The molecule has 8 nitrogen and oxygen atoms in total. The number of aryl methyl sites for hydroxylation is 2. The number of pyridine rings is 1. The lowest BCUT2D eigenvalue weighted by Gasteiger charge is -2.04. The largest absolute Gasteiger partial charge is 0.346 e. The summed E-state index contributed by atoms with van der Waals surface area (Å²) in [5.41, 5.74) is 3.43. The van der Waals surface area contributed by atoms with Crippen LogP contribution in [0.4, 0.5) is 5.69 Å². The summed E-state index contributed by atoms with van der Waals surface area (Å²) in [5, 5.41) is 18.0. The quantitative estimate of drug-likeness (QED) is 0.562. The van der Waals surface area contributed by atoms with Gasteiger partial charge in [-0.1, -0.05) is 0 Å². The Bertz CT molecular complexity index is 966. The van der Waals surface area contributed by atoms with Gasteiger partial charge in [-0.2, -0.15) is 5.10 Å². The molecular formula is C18H17N5O3. The van der Waals surface area contributed by atoms with Crippen molar-refractivity contribution >= 4 is 11.6 Å². The normalized spacial score (nSPS) is 10.5. The Labute approximate surface area is 149 Å². The lowest BCUT2D eigenvalue weighted by molar-refractivity contribution is -0.385. The number of carbonyl (C=O) groups is 1. The van der Waals surface area contributed by atoms with Gasteiger partial charge in [0.1, 0.15) is 0 Å². The summed E-state index contributed by atoms with van der Waals surface area (Å²) in [6, 6.07) is 9.97. The average molecular weight is 351 g/mol. The van der Waals surface area contributed by atoms with Crippen LogP contribution in [0.5, 0.6) is 0 Å². The highest BCUT2D eigenvalue weighted by Gasteiger charge is 2.14. The molecule has 3 rings (SSSR count). The van der Waals surface area contributed by atoms with Gasteiger partial charge in [-0.15, -0.1) is 0 Å². The molecule has 1 N–H and O–H groups in total. The van der Waals surface area contributed by atoms with Crippen molar-refractivity contribution in [3.63, 3.8) is 0 Å². The van der Waals surface area contributed by atoms with E-state index in [0.29, 0.717) is 16.8 Å².